The minimum atomic E-state index is -0.869. The van der Waals surface area contributed by atoms with Crippen molar-refractivity contribution in [3.05, 3.63) is 57.3 Å². The average Bonchev–Trinajstić information content (AvgIpc) is 3.15. The number of thiophene rings is 1. The Balaban J connectivity index is 1.44. The predicted octanol–water partition coefficient (Wildman–Crippen LogP) is 5.54. The molecule has 1 N–H and O–H groups in total. The average molecular weight is 425 g/mol. The monoisotopic (exact) mass is 424 g/mol. The van der Waals surface area contributed by atoms with Crippen molar-refractivity contribution in [1.29, 1.82) is 0 Å². The van der Waals surface area contributed by atoms with Crippen molar-refractivity contribution in [2.24, 2.45) is 5.41 Å². The van der Waals surface area contributed by atoms with E-state index in [-0.39, 0.29) is 0 Å². The molecule has 160 valence electrons. The van der Waals surface area contributed by atoms with Crippen molar-refractivity contribution < 1.29 is 9.90 Å². The van der Waals surface area contributed by atoms with Crippen LogP contribution >= 0.6 is 11.3 Å². The third-order valence-corrected chi connectivity index (χ3v) is 7.48. The van der Waals surface area contributed by atoms with Gasteiger partial charge in [0.2, 0.25) is 0 Å². The standard InChI is InChI=1S/C25H32N2O2S/c1-18-22(9-15-30-18)23-16-25(2,3)10-8-20(23)17-26-11-13-27(14-12-26)21-6-4-19(5-7-21)24(28)29/h4-7,9,15H,8,10-14,16-17H2,1-3H3,(H,28,29). The molecule has 1 fully saturated rings. The third kappa shape index (κ3) is 4.62. The zero-order valence-corrected chi connectivity index (χ0v) is 19.1. The van der Waals surface area contributed by atoms with Gasteiger partial charge in [0.25, 0.3) is 0 Å². The maximum Gasteiger partial charge on any atom is 0.335 e. The molecule has 0 unspecified atom stereocenters. The molecular weight excluding hydrogens is 392 g/mol. The van der Waals surface area contributed by atoms with Crippen LogP contribution in [0.4, 0.5) is 5.69 Å². The van der Waals surface area contributed by atoms with E-state index in [9.17, 15) is 4.79 Å². The molecule has 4 nitrogen and oxygen atoms in total. The van der Waals surface area contributed by atoms with Crippen LogP contribution in [0.1, 0.15) is 53.9 Å². The van der Waals surface area contributed by atoms with E-state index < -0.39 is 5.97 Å². The lowest BCUT2D eigenvalue weighted by molar-refractivity contribution is 0.0697. The summed E-state index contributed by atoms with van der Waals surface area (Å²) in [6.07, 6.45) is 3.65. The molecule has 30 heavy (non-hydrogen) atoms. The summed E-state index contributed by atoms with van der Waals surface area (Å²) in [6.45, 7) is 12.2. The Hall–Kier alpha value is -2.11. The van der Waals surface area contributed by atoms with Crippen LogP contribution in [-0.2, 0) is 0 Å². The Kier molecular flexibility index (Phi) is 6.03. The Morgan fingerprint density at radius 3 is 2.40 bits per heavy atom. The smallest absolute Gasteiger partial charge is 0.335 e. The molecule has 0 amide bonds. The topological polar surface area (TPSA) is 43.8 Å². The van der Waals surface area contributed by atoms with Gasteiger partial charge < -0.3 is 10.0 Å². The first kappa shape index (κ1) is 21.1. The second-order valence-electron chi connectivity index (χ2n) is 9.43. The number of rotatable bonds is 5. The van der Waals surface area contributed by atoms with Gasteiger partial charge in [-0.3, -0.25) is 4.90 Å². The number of hydrogen-bond acceptors (Lipinski definition) is 4. The van der Waals surface area contributed by atoms with E-state index in [1.165, 1.54) is 29.7 Å². The van der Waals surface area contributed by atoms with Crippen molar-refractivity contribution in [1.82, 2.24) is 4.90 Å². The number of aromatic carboxylic acids is 1. The quantitative estimate of drug-likeness (QED) is 0.684. The van der Waals surface area contributed by atoms with Crippen LogP contribution in [-0.4, -0.2) is 48.7 Å². The lowest BCUT2D eigenvalue weighted by Gasteiger charge is -2.39. The number of carbonyl (C=O) groups is 1. The van der Waals surface area contributed by atoms with Gasteiger partial charge in [-0.2, -0.15) is 0 Å². The molecule has 1 aliphatic carbocycles. The van der Waals surface area contributed by atoms with Crippen molar-refractivity contribution in [3.63, 3.8) is 0 Å². The van der Waals surface area contributed by atoms with Crippen LogP contribution in [0.15, 0.2) is 41.3 Å². The van der Waals surface area contributed by atoms with E-state index in [1.54, 1.807) is 23.3 Å². The summed E-state index contributed by atoms with van der Waals surface area (Å²) in [5.74, 6) is -0.869. The van der Waals surface area contributed by atoms with E-state index in [2.05, 4.69) is 42.0 Å². The van der Waals surface area contributed by atoms with Gasteiger partial charge in [-0.1, -0.05) is 19.4 Å². The highest BCUT2D eigenvalue weighted by molar-refractivity contribution is 7.10. The largest absolute Gasteiger partial charge is 0.478 e. The first-order valence-electron chi connectivity index (χ1n) is 10.9. The van der Waals surface area contributed by atoms with Crippen LogP contribution < -0.4 is 4.90 Å². The minimum absolute atomic E-state index is 0.348. The Morgan fingerprint density at radius 2 is 1.80 bits per heavy atom. The lowest BCUT2D eigenvalue weighted by Crippen LogP contribution is -2.47. The summed E-state index contributed by atoms with van der Waals surface area (Å²) in [6, 6.07) is 9.59. The normalized spacial score (nSPS) is 19.9. The summed E-state index contributed by atoms with van der Waals surface area (Å²) in [5.41, 5.74) is 6.55. The van der Waals surface area contributed by atoms with Crippen molar-refractivity contribution in [2.75, 3.05) is 37.6 Å². The fourth-order valence-corrected chi connectivity index (χ4v) is 5.47. The zero-order valence-electron chi connectivity index (χ0n) is 18.3. The molecule has 0 bridgehead atoms. The Labute approximate surface area is 183 Å². The number of benzene rings is 1. The highest BCUT2D eigenvalue weighted by Gasteiger charge is 2.30. The second-order valence-corrected chi connectivity index (χ2v) is 10.5. The molecule has 0 radical (unpaired) electrons. The van der Waals surface area contributed by atoms with Crippen LogP contribution in [0.25, 0.3) is 5.57 Å². The van der Waals surface area contributed by atoms with Gasteiger partial charge in [0.1, 0.15) is 0 Å². The van der Waals surface area contributed by atoms with E-state index in [0.717, 1.165) is 38.4 Å². The summed E-state index contributed by atoms with van der Waals surface area (Å²) >= 11 is 1.86. The summed E-state index contributed by atoms with van der Waals surface area (Å²) in [5, 5.41) is 11.3. The predicted molar refractivity (Wildman–Crippen MR) is 126 cm³/mol. The SMILES string of the molecule is Cc1sccc1C1=C(CN2CCN(c3ccc(C(=O)O)cc3)CC2)CCC(C)(C)C1. The van der Waals surface area contributed by atoms with Gasteiger partial charge in [-0.25, -0.2) is 4.79 Å². The Morgan fingerprint density at radius 1 is 1.10 bits per heavy atom. The molecular formula is C25H32N2O2S. The van der Waals surface area contributed by atoms with Gasteiger partial charge >= 0.3 is 5.97 Å². The summed E-state index contributed by atoms with van der Waals surface area (Å²) in [4.78, 5) is 17.5. The van der Waals surface area contributed by atoms with Crippen LogP contribution in [0.5, 0.6) is 0 Å². The van der Waals surface area contributed by atoms with Gasteiger partial charge in [-0.05, 0) is 78.4 Å². The number of allylic oxidation sites excluding steroid dienone is 1. The molecule has 1 aromatic heterocycles. The molecule has 0 atom stereocenters. The van der Waals surface area contributed by atoms with Gasteiger partial charge in [0.15, 0.2) is 0 Å². The number of aryl methyl sites for hydroxylation is 1. The lowest BCUT2D eigenvalue weighted by atomic mass is 9.72. The number of anilines is 1. The molecule has 2 heterocycles. The number of carboxylic acids is 1. The fourth-order valence-electron chi connectivity index (χ4n) is 4.74. The molecule has 1 aromatic carbocycles. The van der Waals surface area contributed by atoms with E-state index in [1.807, 2.05) is 23.5 Å². The van der Waals surface area contributed by atoms with E-state index >= 15 is 0 Å². The second kappa shape index (κ2) is 8.56. The molecule has 2 aromatic rings. The maximum absolute atomic E-state index is 11.1. The number of carboxylic acid groups (broad SMARTS) is 1. The third-order valence-electron chi connectivity index (χ3n) is 6.64. The fraction of sp³-hybridized carbons (Fsp3) is 0.480. The van der Waals surface area contributed by atoms with Gasteiger partial charge in [0, 0.05) is 43.3 Å². The van der Waals surface area contributed by atoms with Gasteiger partial charge in [0.05, 0.1) is 5.56 Å². The van der Waals surface area contributed by atoms with Crippen molar-refractivity contribution in [2.45, 2.75) is 40.0 Å². The molecule has 0 spiro atoms. The Bertz CT molecular complexity index is 934. The number of hydrogen-bond donors (Lipinski definition) is 1. The van der Waals surface area contributed by atoms with E-state index in [4.69, 9.17) is 5.11 Å². The minimum Gasteiger partial charge on any atom is -0.478 e. The maximum atomic E-state index is 11.1. The first-order valence-corrected chi connectivity index (χ1v) is 11.8. The molecule has 1 aliphatic heterocycles. The molecule has 2 aliphatic rings. The molecule has 1 saturated heterocycles. The molecule has 5 heteroatoms. The van der Waals surface area contributed by atoms with E-state index in [0.29, 0.717) is 11.0 Å². The number of piperazine rings is 1. The van der Waals surface area contributed by atoms with Crippen LogP contribution in [0.3, 0.4) is 0 Å². The molecule has 4 rings (SSSR count). The van der Waals surface area contributed by atoms with Crippen molar-refractivity contribution in [3.8, 4) is 0 Å². The van der Waals surface area contributed by atoms with Crippen molar-refractivity contribution >= 4 is 28.6 Å². The summed E-state index contributed by atoms with van der Waals surface area (Å²) in [7, 11) is 0. The number of nitrogens with zero attached hydrogens (tertiary/aromatic N) is 2. The van der Waals surface area contributed by atoms with Crippen LogP contribution in [0.2, 0.25) is 0 Å². The van der Waals surface area contributed by atoms with Crippen LogP contribution in [0, 0.1) is 12.3 Å². The first-order chi connectivity index (χ1) is 14.3. The molecule has 0 saturated carbocycles. The van der Waals surface area contributed by atoms with Gasteiger partial charge in [-0.15, -0.1) is 11.3 Å². The summed E-state index contributed by atoms with van der Waals surface area (Å²) < 4.78 is 0. The zero-order chi connectivity index (χ0) is 21.3. The highest BCUT2D eigenvalue weighted by atomic mass is 32.1. The highest BCUT2D eigenvalue weighted by Crippen LogP contribution is 2.44.